The van der Waals surface area contributed by atoms with Crippen LogP contribution in [0.4, 0.5) is 19.0 Å². The van der Waals surface area contributed by atoms with Crippen LogP contribution in [0.1, 0.15) is 25.5 Å². The van der Waals surface area contributed by atoms with Crippen molar-refractivity contribution in [3.63, 3.8) is 0 Å². The number of halogens is 3. The lowest BCUT2D eigenvalue weighted by atomic mass is 10.1. The molecule has 2 heterocycles. The highest BCUT2D eigenvalue weighted by Crippen LogP contribution is 2.35. The average Bonchev–Trinajstić information content (AvgIpc) is 2.84. The van der Waals surface area contributed by atoms with Crippen molar-refractivity contribution >= 4 is 32.3 Å². The van der Waals surface area contributed by atoms with E-state index in [1.165, 1.54) is 23.5 Å². The van der Waals surface area contributed by atoms with Gasteiger partial charge in [0.15, 0.2) is 4.96 Å². The summed E-state index contributed by atoms with van der Waals surface area (Å²) in [5, 5.41) is 0. The molecule has 3 aromatic rings. The van der Waals surface area contributed by atoms with Crippen LogP contribution >= 0.6 is 11.3 Å². The number of thiazole rings is 1. The van der Waals surface area contributed by atoms with E-state index in [0.717, 1.165) is 11.2 Å². The number of rotatable bonds is 2. The first-order valence-electron chi connectivity index (χ1n) is 6.22. The van der Waals surface area contributed by atoms with Gasteiger partial charge in [0.25, 0.3) is 0 Å². The van der Waals surface area contributed by atoms with Crippen LogP contribution in [0.25, 0.3) is 15.2 Å². The van der Waals surface area contributed by atoms with Crippen LogP contribution in [0, 0.1) is 0 Å². The molecule has 2 N–H and O–H groups in total. The number of nitrogen functional groups attached to an aromatic ring is 1. The van der Waals surface area contributed by atoms with E-state index in [1.807, 2.05) is 13.8 Å². The highest BCUT2D eigenvalue weighted by Gasteiger charge is 2.31. The van der Waals surface area contributed by atoms with E-state index in [0.29, 0.717) is 15.5 Å². The third-order valence-corrected chi connectivity index (χ3v) is 4.07. The number of ether oxygens (including phenoxy) is 1. The number of nitrogens with two attached hydrogens (primary N) is 1. The molecule has 2 aromatic heterocycles. The second-order valence-electron chi connectivity index (χ2n) is 4.93. The van der Waals surface area contributed by atoms with Crippen LogP contribution in [-0.2, 0) is 0 Å². The van der Waals surface area contributed by atoms with E-state index in [2.05, 4.69) is 9.72 Å². The zero-order valence-electron chi connectivity index (χ0n) is 11.2. The first kappa shape index (κ1) is 14.0. The molecule has 0 saturated carbocycles. The highest BCUT2D eigenvalue weighted by molar-refractivity contribution is 7.23. The molecule has 0 atom stereocenters. The lowest BCUT2D eigenvalue weighted by Gasteiger charge is -2.08. The maximum absolute atomic E-state index is 12.2. The summed E-state index contributed by atoms with van der Waals surface area (Å²) in [6.07, 6.45) is -4.70. The molecule has 112 valence electrons. The van der Waals surface area contributed by atoms with Crippen LogP contribution in [0.2, 0.25) is 0 Å². The van der Waals surface area contributed by atoms with Gasteiger partial charge in [-0.3, -0.25) is 4.40 Å². The zero-order valence-corrected chi connectivity index (χ0v) is 12.0. The summed E-state index contributed by atoms with van der Waals surface area (Å²) in [5.41, 5.74) is 7.60. The maximum Gasteiger partial charge on any atom is 0.573 e. The van der Waals surface area contributed by atoms with Crippen molar-refractivity contribution in [3.8, 4) is 5.75 Å². The first-order chi connectivity index (χ1) is 9.76. The Morgan fingerprint density at radius 1 is 1.33 bits per heavy atom. The summed E-state index contributed by atoms with van der Waals surface area (Å²) in [6, 6.07) is 4.18. The SMILES string of the molecule is CC(C)c1nc2sc3cc(OC(F)(F)F)ccc3n2c1N. The molecule has 0 amide bonds. The summed E-state index contributed by atoms with van der Waals surface area (Å²) >= 11 is 1.28. The van der Waals surface area contributed by atoms with Gasteiger partial charge >= 0.3 is 6.36 Å². The quantitative estimate of drug-likeness (QED) is 0.773. The Hall–Kier alpha value is -1.96. The van der Waals surface area contributed by atoms with Gasteiger partial charge in [-0.1, -0.05) is 25.2 Å². The Morgan fingerprint density at radius 2 is 2.05 bits per heavy atom. The number of fused-ring (bicyclic) bond motifs is 3. The van der Waals surface area contributed by atoms with E-state index in [-0.39, 0.29) is 11.7 Å². The van der Waals surface area contributed by atoms with Crippen molar-refractivity contribution in [2.45, 2.75) is 26.1 Å². The van der Waals surface area contributed by atoms with Gasteiger partial charge in [0.2, 0.25) is 0 Å². The number of hydrogen-bond acceptors (Lipinski definition) is 4. The van der Waals surface area contributed by atoms with Crippen LogP contribution in [0.15, 0.2) is 18.2 Å². The summed E-state index contributed by atoms with van der Waals surface area (Å²) < 4.78 is 43.0. The van der Waals surface area contributed by atoms with Gasteiger partial charge in [0.05, 0.1) is 15.9 Å². The number of alkyl halides is 3. The van der Waals surface area contributed by atoms with Crippen LogP contribution in [0.3, 0.4) is 0 Å². The zero-order chi connectivity index (χ0) is 15.4. The monoisotopic (exact) mass is 315 g/mol. The van der Waals surface area contributed by atoms with Gasteiger partial charge in [-0.2, -0.15) is 0 Å². The number of benzene rings is 1. The fourth-order valence-electron chi connectivity index (χ4n) is 2.21. The number of aromatic nitrogens is 2. The molecular weight excluding hydrogens is 303 g/mol. The predicted octanol–water partition coefficient (Wildman–Crippen LogP) is 4.15. The lowest BCUT2D eigenvalue weighted by molar-refractivity contribution is -0.274. The average molecular weight is 315 g/mol. The Balaban J connectivity index is 2.15. The smallest absolute Gasteiger partial charge is 0.406 e. The molecule has 0 radical (unpaired) electrons. The van der Waals surface area contributed by atoms with Gasteiger partial charge in [-0.25, -0.2) is 4.98 Å². The van der Waals surface area contributed by atoms with Crippen molar-refractivity contribution in [2.24, 2.45) is 0 Å². The summed E-state index contributed by atoms with van der Waals surface area (Å²) in [5.74, 6) is 0.456. The van der Waals surface area contributed by atoms with Gasteiger partial charge in [-0.05, 0) is 24.1 Å². The Bertz CT molecular complexity index is 819. The summed E-state index contributed by atoms with van der Waals surface area (Å²) in [7, 11) is 0. The third kappa shape index (κ3) is 2.39. The molecule has 3 rings (SSSR count). The topological polar surface area (TPSA) is 52.5 Å². The third-order valence-electron chi connectivity index (χ3n) is 3.06. The summed E-state index contributed by atoms with van der Waals surface area (Å²) in [4.78, 5) is 5.11. The Morgan fingerprint density at radius 3 is 2.67 bits per heavy atom. The van der Waals surface area contributed by atoms with Crippen LogP contribution < -0.4 is 10.5 Å². The van der Waals surface area contributed by atoms with Crippen molar-refractivity contribution in [3.05, 3.63) is 23.9 Å². The molecule has 21 heavy (non-hydrogen) atoms. The van der Waals surface area contributed by atoms with Gasteiger partial charge in [0, 0.05) is 0 Å². The van der Waals surface area contributed by atoms with Crippen LogP contribution in [0.5, 0.6) is 5.75 Å². The van der Waals surface area contributed by atoms with E-state index >= 15 is 0 Å². The largest absolute Gasteiger partial charge is 0.573 e. The summed E-state index contributed by atoms with van der Waals surface area (Å²) in [6.45, 7) is 3.97. The Labute approximate surface area is 122 Å². The molecule has 0 aliphatic heterocycles. The molecular formula is C13H12F3N3OS. The molecule has 4 nitrogen and oxygen atoms in total. The number of imidazole rings is 1. The first-order valence-corrected chi connectivity index (χ1v) is 7.04. The van der Waals surface area contributed by atoms with E-state index in [4.69, 9.17) is 5.73 Å². The van der Waals surface area contributed by atoms with Gasteiger partial charge < -0.3 is 10.5 Å². The minimum Gasteiger partial charge on any atom is -0.406 e. The molecule has 0 bridgehead atoms. The minimum atomic E-state index is -4.70. The lowest BCUT2D eigenvalue weighted by Crippen LogP contribution is -2.16. The number of nitrogens with zero attached hydrogens (tertiary/aromatic N) is 2. The molecule has 0 aliphatic carbocycles. The molecule has 0 spiro atoms. The maximum atomic E-state index is 12.2. The van der Waals surface area contributed by atoms with Crippen molar-refractivity contribution < 1.29 is 17.9 Å². The van der Waals surface area contributed by atoms with Gasteiger partial charge in [-0.15, -0.1) is 13.2 Å². The van der Waals surface area contributed by atoms with E-state index in [1.54, 1.807) is 10.5 Å². The molecule has 8 heteroatoms. The Kier molecular flexibility index (Phi) is 3.01. The molecule has 0 aliphatic rings. The fourth-order valence-corrected chi connectivity index (χ4v) is 3.28. The molecule has 0 unspecified atom stereocenters. The highest BCUT2D eigenvalue weighted by atomic mass is 32.1. The van der Waals surface area contributed by atoms with Crippen molar-refractivity contribution in [2.75, 3.05) is 5.73 Å². The number of hydrogen-bond donors (Lipinski definition) is 1. The number of anilines is 1. The van der Waals surface area contributed by atoms with Crippen molar-refractivity contribution in [1.82, 2.24) is 9.38 Å². The van der Waals surface area contributed by atoms with E-state index in [9.17, 15) is 13.2 Å². The van der Waals surface area contributed by atoms with Gasteiger partial charge in [0.1, 0.15) is 11.6 Å². The van der Waals surface area contributed by atoms with Crippen molar-refractivity contribution in [1.29, 1.82) is 0 Å². The second kappa shape index (κ2) is 4.52. The van der Waals surface area contributed by atoms with E-state index < -0.39 is 6.36 Å². The normalized spacial score (nSPS) is 12.7. The van der Waals surface area contributed by atoms with Crippen LogP contribution in [-0.4, -0.2) is 15.7 Å². The molecule has 1 aromatic carbocycles. The minimum absolute atomic E-state index is 0.181. The fraction of sp³-hybridized carbons (Fsp3) is 0.308. The standard InChI is InChI=1S/C13H12F3N3OS/c1-6(2)10-11(17)19-8-4-3-7(20-13(14,15)16)5-9(8)21-12(19)18-10/h3-6H,17H2,1-2H3. The molecule has 0 saturated heterocycles. The second-order valence-corrected chi connectivity index (χ2v) is 5.94. The molecule has 0 fully saturated rings. The predicted molar refractivity (Wildman–Crippen MR) is 75.8 cm³/mol.